The fourth-order valence-electron chi connectivity index (χ4n) is 4.54. The van der Waals surface area contributed by atoms with Gasteiger partial charge in [-0.2, -0.15) is 0 Å². The molecule has 0 aliphatic heterocycles. The summed E-state index contributed by atoms with van der Waals surface area (Å²) >= 11 is 0. The molecule has 11 heteroatoms. The molecule has 8 nitrogen and oxygen atoms in total. The fraction of sp³-hybridized carbons (Fsp3) is 0.387. The first kappa shape index (κ1) is 32.6. The standard InChI is InChI=1S/C31H36F3N3O5/c1-30(2,3)36(24(29(40)41)17-42-31(4,5)6)14-13-18-15-22(33)26(23(34)16-18)37-25(38)12-11-21(28(37)35)27(39)19-7-9-20(32)10-8-19/h7-12,15-16,24H,13-14,17,35H2,1-6H3,(H,40,41). The van der Waals surface area contributed by atoms with Gasteiger partial charge in [-0.15, -0.1) is 0 Å². The maximum Gasteiger partial charge on any atom is 0.323 e. The molecule has 0 bridgehead atoms. The lowest BCUT2D eigenvalue weighted by Gasteiger charge is -2.40. The smallest absolute Gasteiger partial charge is 0.323 e. The van der Waals surface area contributed by atoms with E-state index in [-0.39, 0.29) is 36.3 Å². The minimum atomic E-state index is -1.10. The van der Waals surface area contributed by atoms with Crippen molar-refractivity contribution in [2.75, 3.05) is 18.9 Å². The lowest BCUT2D eigenvalue weighted by atomic mass is 10.0. The van der Waals surface area contributed by atoms with Crippen LogP contribution in [-0.2, 0) is 16.0 Å². The molecule has 0 saturated heterocycles. The molecule has 0 aliphatic rings. The Morgan fingerprint density at radius 2 is 1.55 bits per heavy atom. The Morgan fingerprint density at radius 1 is 0.976 bits per heavy atom. The van der Waals surface area contributed by atoms with E-state index in [4.69, 9.17) is 10.5 Å². The zero-order chi connectivity index (χ0) is 31.6. The molecule has 42 heavy (non-hydrogen) atoms. The van der Waals surface area contributed by atoms with Gasteiger partial charge in [-0.1, -0.05) is 0 Å². The summed E-state index contributed by atoms with van der Waals surface area (Å²) in [6.07, 6.45) is 0.0815. The van der Waals surface area contributed by atoms with Gasteiger partial charge >= 0.3 is 5.97 Å². The quantitative estimate of drug-likeness (QED) is 0.322. The molecule has 1 aromatic heterocycles. The Balaban J connectivity index is 1.95. The number of aliphatic carboxylic acids is 1. The van der Waals surface area contributed by atoms with E-state index in [9.17, 15) is 23.9 Å². The summed E-state index contributed by atoms with van der Waals surface area (Å²) in [5, 5.41) is 9.92. The highest BCUT2D eigenvalue weighted by molar-refractivity contribution is 6.11. The Kier molecular flexibility index (Phi) is 9.69. The van der Waals surface area contributed by atoms with Crippen molar-refractivity contribution in [1.29, 1.82) is 0 Å². The molecule has 0 radical (unpaired) electrons. The van der Waals surface area contributed by atoms with Gasteiger partial charge in [0.05, 0.1) is 17.8 Å². The fourth-order valence-corrected chi connectivity index (χ4v) is 4.54. The van der Waals surface area contributed by atoms with Crippen LogP contribution in [-0.4, -0.2) is 56.7 Å². The molecule has 0 amide bonds. The average Bonchev–Trinajstić information content (AvgIpc) is 2.86. The molecular weight excluding hydrogens is 551 g/mol. The van der Waals surface area contributed by atoms with Gasteiger partial charge in [0.25, 0.3) is 5.56 Å². The summed E-state index contributed by atoms with van der Waals surface area (Å²) in [6.45, 7) is 11.0. The van der Waals surface area contributed by atoms with Crippen molar-refractivity contribution in [3.8, 4) is 5.69 Å². The van der Waals surface area contributed by atoms with Crippen molar-refractivity contribution in [3.05, 3.63) is 93.0 Å². The third kappa shape index (κ3) is 7.65. The number of carboxylic acids is 1. The van der Waals surface area contributed by atoms with Gasteiger partial charge in [-0.05, 0) is 96.0 Å². The predicted molar refractivity (Wildman–Crippen MR) is 153 cm³/mol. The summed E-state index contributed by atoms with van der Waals surface area (Å²) in [5.74, 6) is -4.99. The van der Waals surface area contributed by atoms with Gasteiger partial charge in [0.15, 0.2) is 17.4 Å². The summed E-state index contributed by atoms with van der Waals surface area (Å²) < 4.78 is 50.5. The van der Waals surface area contributed by atoms with Crippen molar-refractivity contribution in [2.24, 2.45) is 0 Å². The molecule has 3 N–H and O–H groups in total. The Bertz CT molecular complexity index is 1500. The topological polar surface area (TPSA) is 115 Å². The number of anilines is 1. The molecular formula is C31H36F3N3O5. The van der Waals surface area contributed by atoms with Crippen LogP contribution in [0.1, 0.15) is 63.0 Å². The molecule has 0 aliphatic carbocycles. The largest absolute Gasteiger partial charge is 0.480 e. The third-order valence-corrected chi connectivity index (χ3v) is 6.62. The lowest BCUT2D eigenvalue weighted by Crippen LogP contribution is -2.55. The van der Waals surface area contributed by atoms with E-state index in [2.05, 4.69) is 0 Å². The van der Waals surface area contributed by atoms with Crippen LogP contribution < -0.4 is 11.3 Å². The summed E-state index contributed by atoms with van der Waals surface area (Å²) in [4.78, 5) is 39.5. The predicted octanol–water partition coefficient (Wildman–Crippen LogP) is 4.98. The van der Waals surface area contributed by atoms with Crippen LogP contribution in [0, 0.1) is 17.5 Å². The molecule has 3 rings (SSSR count). The van der Waals surface area contributed by atoms with Crippen LogP contribution in [0.5, 0.6) is 0 Å². The first-order valence-electron chi connectivity index (χ1n) is 13.3. The molecule has 0 spiro atoms. The highest BCUT2D eigenvalue weighted by Crippen LogP contribution is 2.26. The number of aromatic nitrogens is 1. The van der Waals surface area contributed by atoms with Crippen LogP contribution in [0.15, 0.2) is 53.3 Å². The van der Waals surface area contributed by atoms with Gasteiger partial charge in [-0.25, -0.2) is 13.2 Å². The second-order valence-electron chi connectivity index (χ2n) is 11.9. The van der Waals surface area contributed by atoms with Crippen LogP contribution in [0.3, 0.4) is 0 Å². The molecule has 0 fully saturated rings. The number of ether oxygens (including phenoxy) is 1. The first-order valence-corrected chi connectivity index (χ1v) is 13.3. The number of carboxylic acid groups (broad SMARTS) is 1. The lowest BCUT2D eigenvalue weighted by molar-refractivity contribution is -0.151. The molecule has 1 unspecified atom stereocenters. The number of carbonyl (C=O) groups excluding carboxylic acids is 1. The molecule has 1 heterocycles. The third-order valence-electron chi connectivity index (χ3n) is 6.62. The number of hydrogen-bond acceptors (Lipinski definition) is 6. The van der Waals surface area contributed by atoms with Crippen LogP contribution in [0.25, 0.3) is 5.69 Å². The molecule has 2 aromatic carbocycles. The minimum Gasteiger partial charge on any atom is -0.480 e. The van der Waals surface area contributed by atoms with Crippen LogP contribution in [0.2, 0.25) is 0 Å². The van der Waals surface area contributed by atoms with Crippen molar-refractivity contribution >= 4 is 17.6 Å². The number of rotatable bonds is 10. The molecule has 1 atom stereocenters. The maximum absolute atomic E-state index is 15.4. The summed E-state index contributed by atoms with van der Waals surface area (Å²) in [6, 6.07) is 7.80. The Morgan fingerprint density at radius 3 is 2.05 bits per heavy atom. The zero-order valence-corrected chi connectivity index (χ0v) is 24.5. The number of carbonyl (C=O) groups is 2. The molecule has 226 valence electrons. The van der Waals surface area contributed by atoms with Crippen LogP contribution >= 0.6 is 0 Å². The number of nitrogens with two attached hydrogens (primary N) is 1. The van der Waals surface area contributed by atoms with Gasteiger partial charge in [-0.3, -0.25) is 23.9 Å². The van der Waals surface area contributed by atoms with Gasteiger partial charge in [0, 0.05) is 23.7 Å². The van der Waals surface area contributed by atoms with Gasteiger partial charge < -0.3 is 15.6 Å². The van der Waals surface area contributed by atoms with E-state index in [1.807, 2.05) is 41.5 Å². The van der Waals surface area contributed by atoms with Gasteiger partial charge in [0.1, 0.15) is 23.4 Å². The number of nitrogens with zero attached hydrogens (tertiary/aromatic N) is 2. The second-order valence-corrected chi connectivity index (χ2v) is 11.9. The first-order chi connectivity index (χ1) is 19.4. The number of ketones is 1. The van der Waals surface area contributed by atoms with Crippen molar-refractivity contribution in [1.82, 2.24) is 9.47 Å². The highest BCUT2D eigenvalue weighted by Gasteiger charge is 2.35. The van der Waals surface area contributed by atoms with Crippen molar-refractivity contribution < 1.29 is 32.6 Å². The van der Waals surface area contributed by atoms with E-state index in [1.54, 1.807) is 4.90 Å². The summed E-state index contributed by atoms with van der Waals surface area (Å²) in [7, 11) is 0. The van der Waals surface area contributed by atoms with E-state index in [0.29, 0.717) is 4.57 Å². The molecule has 0 saturated carbocycles. The van der Waals surface area contributed by atoms with E-state index in [1.165, 1.54) is 12.1 Å². The average molecular weight is 588 g/mol. The number of benzene rings is 2. The highest BCUT2D eigenvalue weighted by atomic mass is 19.1. The van der Waals surface area contributed by atoms with Crippen LogP contribution in [0.4, 0.5) is 19.0 Å². The number of halogens is 3. The monoisotopic (exact) mass is 587 g/mol. The van der Waals surface area contributed by atoms with Crippen molar-refractivity contribution in [2.45, 2.75) is 65.1 Å². The molecule has 3 aromatic rings. The number of pyridine rings is 1. The summed E-state index contributed by atoms with van der Waals surface area (Å²) in [5.41, 5.74) is 3.36. The van der Waals surface area contributed by atoms with Crippen molar-refractivity contribution in [3.63, 3.8) is 0 Å². The number of hydrogen-bond donors (Lipinski definition) is 2. The normalized spacial score (nSPS) is 12.9. The zero-order valence-electron chi connectivity index (χ0n) is 24.5. The maximum atomic E-state index is 15.4. The Hall–Kier alpha value is -3.96. The van der Waals surface area contributed by atoms with E-state index in [0.717, 1.165) is 36.4 Å². The van der Waals surface area contributed by atoms with Gasteiger partial charge in [0.2, 0.25) is 0 Å². The van der Waals surface area contributed by atoms with E-state index < -0.39 is 63.5 Å². The minimum absolute atomic E-state index is 0.0700. The second kappa shape index (κ2) is 12.5. The SMILES string of the molecule is CC(C)(C)OCC(C(=O)O)N(CCc1cc(F)c(-n2c(N)c(C(=O)c3ccc(F)cc3)ccc2=O)c(F)c1)C(C)(C)C. The Labute approximate surface area is 242 Å². The van der Waals surface area contributed by atoms with E-state index >= 15 is 8.78 Å². The number of nitrogen functional groups attached to an aromatic ring is 1.